The molecule has 5 nitrogen and oxygen atoms in total. The first-order chi connectivity index (χ1) is 10.4. The summed E-state index contributed by atoms with van der Waals surface area (Å²) in [6.45, 7) is 8.13. The van der Waals surface area contributed by atoms with E-state index < -0.39 is 11.9 Å². The molecule has 0 saturated carbocycles. The van der Waals surface area contributed by atoms with E-state index in [1.807, 2.05) is 13.8 Å². The van der Waals surface area contributed by atoms with Crippen LogP contribution < -0.4 is 5.56 Å². The number of rotatable bonds is 4. The average Bonchev–Trinajstić information content (AvgIpc) is 2.99. The number of carboxylic acid groups (broad SMARTS) is 1. The largest absolute Gasteiger partial charge is 0.481 e. The van der Waals surface area contributed by atoms with Crippen LogP contribution in [0.25, 0.3) is 10.2 Å². The van der Waals surface area contributed by atoms with Crippen molar-refractivity contribution in [3.8, 4) is 0 Å². The van der Waals surface area contributed by atoms with Crippen LogP contribution in [0, 0.1) is 0 Å². The normalized spacial score (nSPS) is 16.9. The van der Waals surface area contributed by atoms with Gasteiger partial charge in [0.25, 0.3) is 5.56 Å². The maximum atomic E-state index is 12.9. The molecule has 2 heterocycles. The van der Waals surface area contributed by atoms with Crippen LogP contribution in [0.4, 0.5) is 0 Å². The minimum atomic E-state index is -0.858. The van der Waals surface area contributed by atoms with Gasteiger partial charge in [0.15, 0.2) is 0 Å². The minimum Gasteiger partial charge on any atom is -0.481 e. The molecule has 0 fully saturated rings. The van der Waals surface area contributed by atoms with E-state index in [0.29, 0.717) is 41.6 Å². The zero-order chi connectivity index (χ0) is 16.0. The second-order valence-corrected chi connectivity index (χ2v) is 6.86. The van der Waals surface area contributed by atoms with Crippen molar-refractivity contribution in [2.75, 3.05) is 0 Å². The molecular weight excluding hydrogens is 300 g/mol. The molecule has 0 bridgehead atoms. The number of carbonyl (C=O) groups is 1. The number of fused-ring (bicyclic) bond motifs is 3. The monoisotopic (exact) mass is 318 g/mol. The highest BCUT2D eigenvalue weighted by Gasteiger charge is 2.34. The fourth-order valence-electron chi connectivity index (χ4n) is 3.12. The lowest BCUT2D eigenvalue weighted by Gasteiger charge is -2.12. The summed E-state index contributed by atoms with van der Waals surface area (Å²) in [6, 6.07) is 0. The van der Waals surface area contributed by atoms with Crippen LogP contribution in [-0.2, 0) is 24.2 Å². The number of aliphatic carboxylic acids is 1. The van der Waals surface area contributed by atoms with Crippen LogP contribution in [-0.4, -0.2) is 20.6 Å². The van der Waals surface area contributed by atoms with Gasteiger partial charge in [-0.3, -0.25) is 14.2 Å². The lowest BCUT2D eigenvalue weighted by Crippen LogP contribution is -2.26. The number of carboxylic acids is 1. The molecule has 1 N–H and O–H groups in total. The van der Waals surface area contributed by atoms with Crippen LogP contribution in [0.2, 0.25) is 0 Å². The number of thiophene rings is 1. The number of hydrogen-bond acceptors (Lipinski definition) is 4. The van der Waals surface area contributed by atoms with Crippen LogP contribution in [0.15, 0.2) is 16.9 Å². The van der Waals surface area contributed by atoms with Gasteiger partial charge in [-0.05, 0) is 25.3 Å². The van der Waals surface area contributed by atoms with Crippen molar-refractivity contribution >= 4 is 27.5 Å². The molecule has 1 aliphatic rings. The van der Waals surface area contributed by atoms with Crippen LogP contribution in [0.3, 0.4) is 0 Å². The molecular formula is C16H18N2O3S. The summed E-state index contributed by atoms with van der Waals surface area (Å²) in [5.74, 6) is -0.708. The summed E-state index contributed by atoms with van der Waals surface area (Å²) < 4.78 is 1.63. The summed E-state index contributed by atoms with van der Waals surface area (Å²) in [5.41, 5.74) is 1.44. The van der Waals surface area contributed by atoms with E-state index in [4.69, 9.17) is 0 Å². The Labute approximate surface area is 131 Å². The number of aryl methyl sites for hydroxylation is 2. The Morgan fingerprint density at radius 1 is 1.55 bits per heavy atom. The zero-order valence-electron chi connectivity index (χ0n) is 12.7. The predicted octanol–water partition coefficient (Wildman–Crippen LogP) is 2.71. The van der Waals surface area contributed by atoms with Crippen LogP contribution >= 0.6 is 11.3 Å². The molecule has 0 aromatic carbocycles. The van der Waals surface area contributed by atoms with Crippen molar-refractivity contribution in [2.45, 2.75) is 45.6 Å². The highest BCUT2D eigenvalue weighted by molar-refractivity contribution is 7.18. The number of hydrogen-bond donors (Lipinski definition) is 1. The summed E-state index contributed by atoms with van der Waals surface area (Å²) in [4.78, 5) is 30.7. The van der Waals surface area contributed by atoms with Gasteiger partial charge in [-0.1, -0.05) is 19.1 Å². The average molecular weight is 318 g/mol. The van der Waals surface area contributed by atoms with Crippen molar-refractivity contribution in [1.82, 2.24) is 9.55 Å². The van der Waals surface area contributed by atoms with Crippen LogP contribution in [0.1, 0.15) is 42.5 Å². The van der Waals surface area contributed by atoms with Crippen LogP contribution in [0.5, 0.6) is 0 Å². The van der Waals surface area contributed by atoms with Gasteiger partial charge in [-0.25, -0.2) is 4.98 Å². The molecule has 0 spiro atoms. The van der Waals surface area contributed by atoms with Gasteiger partial charge >= 0.3 is 5.97 Å². The Hall–Kier alpha value is -1.95. The van der Waals surface area contributed by atoms with Crippen molar-refractivity contribution in [3.05, 3.63) is 38.8 Å². The van der Waals surface area contributed by atoms with E-state index in [1.165, 1.54) is 11.3 Å². The first kappa shape index (κ1) is 15.0. The molecule has 1 unspecified atom stereocenters. The van der Waals surface area contributed by atoms with Crippen molar-refractivity contribution in [3.63, 3.8) is 0 Å². The summed E-state index contributed by atoms with van der Waals surface area (Å²) in [5, 5.41) is 9.91. The maximum Gasteiger partial charge on any atom is 0.311 e. The van der Waals surface area contributed by atoms with Gasteiger partial charge in [-0.2, -0.15) is 0 Å². The van der Waals surface area contributed by atoms with Gasteiger partial charge in [-0.15, -0.1) is 11.3 Å². The molecule has 0 aliphatic heterocycles. The second kappa shape index (κ2) is 5.35. The van der Waals surface area contributed by atoms with E-state index in [2.05, 4.69) is 11.6 Å². The molecule has 1 atom stereocenters. The van der Waals surface area contributed by atoms with E-state index in [0.717, 1.165) is 16.3 Å². The fraction of sp³-hybridized carbons (Fsp3) is 0.438. The molecule has 116 valence electrons. The topological polar surface area (TPSA) is 72.2 Å². The minimum absolute atomic E-state index is 0.129. The van der Waals surface area contributed by atoms with E-state index in [-0.39, 0.29) is 5.56 Å². The summed E-state index contributed by atoms with van der Waals surface area (Å²) in [7, 11) is 0. The van der Waals surface area contributed by atoms with Gasteiger partial charge in [0, 0.05) is 17.8 Å². The molecule has 0 saturated heterocycles. The Morgan fingerprint density at radius 2 is 2.27 bits per heavy atom. The third-order valence-electron chi connectivity index (χ3n) is 4.06. The third kappa shape index (κ3) is 2.18. The van der Waals surface area contributed by atoms with E-state index >= 15 is 0 Å². The van der Waals surface area contributed by atoms with E-state index in [9.17, 15) is 14.7 Å². The standard InChI is InChI=1S/C16H18N2O3S/c1-4-11-17-14-13(15(19)18(11)7-8(2)3)12-9(16(20)21)5-6-10(12)22-14/h9H,2,4-7H2,1,3H3,(H,20,21). The zero-order valence-corrected chi connectivity index (χ0v) is 13.5. The molecule has 6 heteroatoms. The van der Waals surface area contributed by atoms with Crippen molar-refractivity contribution in [1.29, 1.82) is 0 Å². The summed E-state index contributed by atoms with van der Waals surface area (Å²) >= 11 is 1.47. The predicted molar refractivity (Wildman–Crippen MR) is 86.8 cm³/mol. The lowest BCUT2D eigenvalue weighted by atomic mass is 10.0. The first-order valence-electron chi connectivity index (χ1n) is 7.36. The molecule has 2 aromatic rings. The highest BCUT2D eigenvalue weighted by atomic mass is 32.1. The van der Waals surface area contributed by atoms with Gasteiger partial charge in [0.1, 0.15) is 10.7 Å². The quantitative estimate of drug-likeness (QED) is 0.880. The summed E-state index contributed by atoms with van der Waals surface area (Å²) in [6.07, 6.45) is 1.94. The number of nitrogens with zero attached hydrogens (tertiary/aromatic N) is 2. The van der Waals surface area contributed by atoms with E-state index in [1.54, 1.807) is 4.57 Å². The molecule has 0 radical (unpaired) electrons. The molecule has 1 aliphatic carbocycles. The Morgan fingerprint density at radius 3 is 2.86 bits per heavy atom. The van der Waals surface area contributed by atoms with Crippen molar-refractivity contribution in [2.24, 2.45) is 0 Å². The van der Waals surface area contributed by atoms with Gasteiger partial charge in [0.05, 0.1) is 11.3 Å². The lowest BCUT2D eigenvalue weighted by molar-refractivity contribution is -0.138. The molecule has 3 rings (SSSR count). The SMILES string of the molecule is C=C(C)Cn1c(CC)nc2sc3c(c2c1=O)C(C(=O)O)CC3. The molecule has 2 aromatic heterocycles. The molecule has 0 amide bonds. The molecule has 22 heavy (non-hydrogen) atoms. The second-order valence-electron chi connectivity index (χ2n) is 5.78. The first-order valence-corrected chi connectivity index (χ1v) is 8.17. The highest BCUT2D eigenvalue weighted by Crippen LogP contribution is 2.42. The maximum absolute atomic E-state index is 12.9. The third-order valence-corrected chi connectivity index (χ3v) is 5.21. The van der Waals surface area contributed by atoms with Gasteiger partial charge < -0.3 is 5.11 Å². The Bertz CT molecular complexity index is 847. The van der Waals surface area contributed by atoms with Crippen molar-refractivity contribution < 1.29 is 9.90 Å². The smallest absolute Gasteiger partial charge is 0.311 e. The fourth-order valence-corrected chi connectivity index (χ4v) is 4.37. The number of aromatic nitrogens is 2. The number of allylic oxidation sites excluding steroid dienone is 1. The van der Waals surface area contributed by atoms with Gasteiger partial charge in [0.2, 0.25) is 0 Å². The Balaban J connectivity index is 2.32. The Kier molecular flexibility index (Phi) is 3.64.